The maximum atomic E-state index is 10.5. The Labute approximate surface area is 96.4 Å². The van der Waals surface area contributed by atoms with Gasteiger partial charge in [0.1, 0.15) is 10.7 Å². The summed E-state index contributed by atoms with van der Waals surface area (Å²) in [4.78, 5) is 9.98. The lowest BCUT2D eigenvalue weighted by molar-refractivity contribution is -0.401. The van der Waals surface area contributed by atoms with Gasteiger partial charge in [0.05, 0.1) is 6.07 Å². The molecule has 0 N–H and O–H groups in total. The molecule has 1 aliphatic rings. The van der Waals surface area contributed by atoms with Crippen molar-refractivity contribution < 1.29 is 13.9 Å². The number of rotatable bonds is 2. The van der Waals surface area contributed by atoms with Gasteiger partial charge < -0.3 is 8.94 Å². The largest absolute Gasteiger partial charge is 0.433 e. The number of hydrogen-bond acceptors (Lipinski definition) is 5. The lowest BCUT2D eigenvalue weighted by Gasteiger charge is -2.07. The molecule has 6 nitrogen and oxygen atoms in total. The molecule has 0 aliphatic heterocycles. The van der Waals surface area contributed by atoms with Gasteiger partial charge in [-0.3, -0.25) is 10.1 Å². The van der Waals surface area contributed by atoms with Gasteiger partial charge in [-0.1, -0.05) is 5.16 Å². The Kier molecular flexibility index (Phi) is 2.21. The van der Waals surface area contributed by atoms with Gasteiger partial charge in [0.25, 0.3) is 0 Å². The fourth-order valence-electron chi connectivity index (χ4n) is 2.13. The SMILES string of the molecule is O=[N+]([O-])c1ccc(-c2noc3c2CCCC3)o1. The topological polar surface area (TPSA) is 82.3 Å². The Bertz CT molecular complexity index is 570. The van der Waals surface area contributed by atoms with Crippen LogP contribution in [-0.2, 0) is 12.8 Å². The molecule has 0 saturated carbocycles. The van der Waals surface area contributed by atoms with Gasteiger partial charge in [-0.25, -0.2) is 0 Å². The smallest absolute Gasteiger partial charge is 0.399 e. The van der Waals surface area contributed by atoms with E-state index in [4.69, 9.17) is 8.94 Å². The summed E-state index contributed by atoms with van der Waals surface area (Å²) >= 11 is 0. The van der Waals surface area contributed by atoms with E-state index in [1.807, 2.05) is 0 Å². The number of hydrogen-bond donors (Lipinski definition) is 0. The van der Waals surface area contributed by atoms with E-state index < -0.39 is 4.92 Å². The third-order valence-corrected chi connectivity index (χ3v) is 2.96. The Morgan fingerprint density at radius 2 is 2.12 bits per heavy atom. The fourth-order valence-corrected chi connectivity index (χ4v) is 2.13. The molecule has 2 heterocycles. The van der Waals surface area contributed by atoms with Crippen molar-refractivity contribution in [1.29, 1.82) is 0 Å². The molecule has 0 fully saturated rings. The molecule has 0 saturated heterocycles. The van der Waals surface area contributed by atoms with Crippen molar-refractivity contribution in [3.63, 3.8) is 0 Å². The zero-order chi connectivity index (χ0) is 11.8. The maximum absolute atomic E-state index is 10.5. The number of aryl methyl sites for hydroxylation is 1. The highest BCUT2D eigenvalue weighted by Crippen LogP contribution is 2.33. The van der Waals surface area contributed by atoms with Gasteiger partial charge >= 0.3 is 5.88 Å². The monoisotopic (exact) mass is 234 g/mol. The molecule has 2 aromatic heterocycles. The lowest BCUT2D eigenvalue weighted by atomic mass is 9.96. The van der Waals surface area contributed by atoms with Gasteiger partial charge in [0.15, 0.2) is 11.5 Å². The predicted molar refractivity (Wildman–Crippen MR) is 57.5 cm³/mol. The van der Waals surface area contributed by atoms with Crippen molar-refractivity contribution in [1.82, 2.24) is 5.16 Å². The van der Waals surface area contributed by atoms with Crippen LogP contribution < -0.4 is 0 Å². The number of fused-ring (bicyclic) bond motifs is 1. The summed E-state index contributed by atoms with van der Waals surface area (Å²) in [6.45, 7) is 0. The van der Waals surface area contributed by atoms with E-state index in [0.29, 0.717) is 11.5 Å². The van der Waals surface area contributed by atoms with Gasteiger partial charge in [-0.2, -0.15) is 0 Å². The first-order valence-corrected chi connectivity index (χ1v) is 5.48. The average molecular weight is 234 g/mol. The Morgan fingerprint density at radius 1 is 1.29 bits per heavy atom. The van der Waals surface area contributed by atoms with Gasteiger partial charge in [0, 0.05) is 12.0 Å². The standard InChI is InChI=1S/C11H10N2O4/c14-13(15)10-6-5-9(16-10)11-7-3-1-2-4-8(7)17-12-11/h5-6H,1-4H2. The highest BCUT2D eigenvalue weighted by molar-refractivity contribution is 5.59. The van der Waals surface area contributed by atoms with E-state index in [1.54, 1.807) is 6.07 Å². The van der Waals surface area contributed by atoms with Gasteiger partial charge in [-0.15, -0.1) is 0 Å². The van der Waals surface area contributed by atoms with Crippen LogP contribution in [0.2, 0.25) is 0 Å². The van der Waals surface area contributed by atoms with E-state index in [1.165, 1.54) is 6.07 Å². The third-order valence-electron chi connectivity index (χ3n) is 2.96. The molecule has 1 aliphatic carbocycles. The molecule has 0 atom stereocenters. The summed E-state index contributed by atoms with van der Waals surface area (Å²) in [5.74, 6) is 1.02. The van der Waals surface area contributed by atoms with Crippen LogP contribution in [0.15, 0.2) is 21.1 Å². The van der Waals surface area contributed by atoms with Crippen LogP contribution in [0.4, 0.5) is 5.88 Å². The van der Waals surface area contributed by atoms with Crippen LogP contribution in [0.1, 0.15) is 24.2 Å². The molecule has 3 rings (SSSR count). The zero-order valence-corrected chi connectivity index (χ0v) is 9.01. The Morgan fingerprint density at radius 3 is 2.88 bits per heavy atom. The minimum atomic E-state index is -0.559. The Hall–Kier alpha value is -2.11. The normalized spacial score (nSPS) is 14.6. The van der Waals surface area contributed by atoms with Crippen molar-refractivity contribution in [3.05, 3.63) is 33.6 Å². The predicted octanol–water partition coefficient (Wildman–Crippen LogP) is 2.72. The summed E-state index contributed by atoms with van der Waals surface area (Å²) in [6.07, 6.45) is 3.96. The maximum Gasteiger partial charge on any atom is 0.433 e. The van der Waals surface area contributed by atoms with E-state index in [0.717, 1.165) is 37.0 Å². The quantitative estimate of drug-likeness (QED) is 0.589. The summed E-state index contributed by atoms with van der Waals surface area (Å²) < 4.78 is 10.4. The molecule has 6 heteroatoms. The van der Waals surface area contributed by atoms with Crippen molar-refractivity contribution in [2.24, 2.45) is 0 Å². The molecule has 0 unspecified atom stereocenters. The van der Waals surface area contributed by atoms with Crippen LogP contribution in [-0.4, -0.2) is 10.1 Å². The van der Waals surface area contributed by atoms with Crippen molar-refractivity contribution in [2.75, 3.05) is 0 Å². The van der Waals surface area contributed by atoms with Crippen LogP contribution in [0.5, 0.6) is 0 Å². The molecule has 0 amide bonds. The van der Waals surface area contributed by atoms with Gasteiger partial charge in [0.2, 0.25) is 0 Å². The summed E-state index contributed by atoms with van der Waals surface area (Å²) in [6, 6.07) is 2.89. The highest BCUT2D eigenvalue weighted by Gasteiger charge is 2.23. The molecule has 0 radical (unpaired) electrons. The van der Waals surface area contributed by atoms with Gasteiger partial charge in [-0.05, 0) is 25.3 Å². The summed E-state index contributed by atoms with van der Waals surface area (Å²) in [5, 5.41) is 14.5. The van der Waals surface area contributed by atoms with Crippen LogP contribution >= 0.6 is 0 Å². The first kappa shape index (κ1) is 10.1. The molecular weight excluding hydrogens is 224 g/mol. The molecule has 2 aromatic rings. The first-order valence-electron chi connectivity index (χ1n) is 5.48. The van der Waals surface area contributed by atoms with E-state index in [2.05, 4.69) is 5.16 Å². The zero-order valence-electron chi connectivity index (χ0n) is 9.01. The highest BCUT2D eigenvalue weighted by atomic mass is 16.6. The average Bonchev–Trinajstić information content (AvgIpc) is 2.95. The Balaban J connectivity index is 2.03. The fraction of sp³-hybridized carbons (Fsp3) is 0.364. The first-order chi connectivity index (χ1) is 8.25. The molecular formula is C11H10N2O4. The lowest BCUT2D eigenvalue weighted by Crippen LogP contribution is -1.99. The minimum Gasteiger partial charge on any atom is -0.399 e. The summed E-state index contributed by atoms with van der Waals surface area (Å²) in [7, 11) is 0. The third kappa shape index (κ3) is 1.61. The second kappa shape index (κ2) is 3.73. The van der Waals surface area contributed by atoms with Crippen LogP contribution in [0.25, 0.3) is 11.5 Å². The number of nitro groups is 1. The minimum absolute atomic E-state index is 0.271. The second-order valence-electron chi connectivity index (χ2n) is 4.04. The van der Waals surface area contributed by atoms with Crippen molar-refractivity contribution in [2.45, 2.75) is 25.7 Å². The van der Waals surface area contributed by atoms with E-state index in [9.17, 15) is 10.1 Å². The molecule has 0 aromatic carbocycles. The second-order valence-corrected chi connectivity index (χ2v) is 4.04. The molecule has 0 spiro atoms. The number of nitrogens with zero attached hydrogens (tertiary/aromatic N) is 2. The van der Waals surface area contributed by atoms with E-state index in [-0.39, 0.29) is 5.88 Å². The molecule has 0 bridgehead atoms. The number of aromatic nitrogens is 1. The van der Waals surface area contributed by atoms with Crippen LogP contribution in [0, 0.1) is 10.1 Å². The van der Waals surface area contributed by atoms with Crippen molar-refractivity contribution >= 4 is 5.88 Å². The summed E-state index contributed by atoms with van der Waals surface area (Å²) in [5.41, 5.74) is 1.63. The number of furan rings is 1. The van der Waals surface area contributed by atoms with E-state index >= 15 is 0 Å². The molecule has 17 heavy (non-hydrogen) atoms. The molecule has 88 valence electrons. The van der Waals surface area contributed by atoms with Crippen molar-refractivity contribution in [3.8, 4) is 11.5 Å². The van der Waals surface area contributed by atoms with Crippen LogP contribution in [0.3, 0.4) is 0 Å².